The van der Waals surface area contributed by atoms with Gasteiger partial charge in [0.15, 0.2) is 0 Å². The Hall–Kier alpha value is -2.42. The van der Waals surface area contributed by atoms with Gasteiger partial charge in [-0.3, -0.25) is 0 Å². The number of fused-ring (bicyclic) bond motifs is 1. The zero-order chi connectivity index (χ0) is 19.4. The predicted molar refractivity (Wildman–Crippen MR) is 106 cm³/mol. The van der Waals surface area contributed by atoms with E-state index >= 15 is 0 Å². The van der Waals surface area contributed by atoms with Crippen LogP contribution in [0.1, 0.15) is 10.4 Å². The molecule has 0 spiro atoms. The molecular formula is C19H16BrNO5S. The summed E-state index contributed by atoms with van der Waals surface area (Å²) >= 11 is 3.32. The van der Waals surface area contributed by atoms with Crippen LogP contribution in [0, 0.1) is 0 Å². The summed E-state index contributed by atoms with van der Waals surface area (Å²) in [5.41, 5.74) is -0.268. The number of benzene rings is 3. The molecule has 0 atom stereocenters. The summed E-state index contributed by atoms with van der Waals surface area (Å²) in [4.78, 5) is 11.3. The normalized spacial score (nSPS) is 11.4. The van der Waals surface area contributed by atoms with Crippen molar-refractivity contribution < 1.29 is 23.1 Å². The third-order valence-corrected chi connectivity index (χ3v) is 5.87. The van der Waals surface area contributed by atoms with Gasteiger partial charge >= 0.3 is 5.97 Å². The fourth-order valence-corrected chi connectivity index (χ4v) is 4.05. The van der Waals surface area contributed by atoms with E-state index in [9.17, 15) is 18.3 Å². The summed E-state index contributed by atoms with van der Waals surface area (Å²) in [6.45, 7) is 0.112. The molecule has 0 saturated carbocycles. The molecule has 2 N–H and O–H groups in total. The second kappa shape index (κ2) is 8.08. The van der Waals surface area contributed by atoms with Gasteiger partial charge in [0, 0.05) is 11.0 Å². The molecule has 3 aromatic rings. The monoisotopic (exact) mass is 449 g/mol. The van der Waals surface area contributed by atoms with Crippen molar-refractivity contribution in [3.63, 3.8) is 0 Å². The Balaban J connectivity index is 1.76. The second-order valence-electron chi connectivity index (χ2n) is 5.70. The van der Waals surface area contributed by atoms with E-state index in [1.807, 2.05) is 12.1 Å². The highest BCUT2D eigenvalue weighted by Gasteiger charge is 2.23. The van der Waals surface area contributed by atoms with Crippen LogP contribution in [-0.2, 0) is 10.0 Å². The number of hydrogen-bond acceptors (Lipinski definition) is 4. The lowest BCUT2D eigenvalue weighted by atomic mass is 10.1. The summed E-state index contributed by atoms with van der Waals surface area (Å²) in [7, 11) is -4.01. The maximum absolute atomic E-state index is 12.6. The minimum atomic E-state index is -4.01. The van der Waals surface area contributed by atoms with Gasteiger partial charge in [0.1, 0.15) is 12.4 Å². The topological polar surface area (TPSA) is 92.7 Å². The van der Waals surface area contributed by atoms with Crippen molar-refractivity contribution in [3.05, 3.63) is 70.7 Å². The fraction of sp³-hybridized carbons (Fsp3) is 0.105. The van der Waals surface area contributed by atoms with Crippen LogP contribution in [0.25, 0.3) is 10.8 Å². The van der Waals surface area contributed by atoms with Crippen LogP contribution >= 0.6 is 15.9 Å². The zero-order valence-electron chi connectivity index (χ0n) is 14.1. The van der Waals surface area contributed by atoms with Crippen LogP contribution in [0.5, 0.6) is 5.75 Å². The smallest absolute Gasteiger partial charge is 0.337 e. The third-order valence-electron chi connectivity index (χ3n) is 3.84. The zero-order valence-corrected chi connectivity index (χ0v) is 16.5. The van der Waals surface area contributed by atoms with E-state index in [4.69, 9.17) is 4.74 Å². The molecule has 0 radical (unpaired) electrons. The number of sulfonamides is 1. The van der Waals surface area contributed by atoms with Crippen molar-refractivity contribution in [2.75, 3.05) is 13.2 Å². The minimum Gasteiger partial charge on any atom is -0.492 e. The van der Waals surface area contributed by atoms with E-state index < -0.39 is 16.0 Å². The molecule has 6 nitrogen and oxygen atoms in total. The standard InChI is InChI=1S/C19H16BrNO5S/c20-15-5-7-16(8-6-15)26-10-9-21-27(24,25)18-12-14-4-2-1-3-13(14)11-17(18)19(22)23/h1-8,11-12,21H,9-10H2,(H,22,23). The molecular weight excluding hydrogens is 434 g/mol. The highest BCUT2D eigenvalue weighted by Crippen LogP contribution is 2.24. The Morgan fingerprint density at radius 1 is 1.04 bits per heavy atom. The molecule has 0 aliphatic carbocycles. The van der Waals surface area contributed by atoms with Crippen molar-refractivity contribution in [1.29, 1.82) is 0 Å². The number of hydrogen-bond donors (Lipinski definition) is 2. The fourth-order valence-electron chi connectivity index (χ4n) is 2.56. The summed E-state index contributed by atoms with van der Waals surface area (Å²) in [5.74, 6) is -0.693. The van der Waals surface area contributed by atoms with Gasteiger partial charge in [-0.1, -0.05) is 40.2 Å². The van der Waals surface area contributed by atoms with Gasteiger partial charge in [-0.15, -0.1) is 0 Å². The first-order valence-electron chi connectivity index (χ1n) is 8.01. The summed E-state index contributed by atoms with van der Waals surface area (Å²) in [5, 5.41) is 10.7. The maximum atomic E-state index is 12.6. The number of rotatable bonds is 7. The van der Waals surface area contributed by atoms with E-state index in [0.29, 0.717) is 16.5 Å². The third kappa shape index (κ3) is 4.65. The van der Waals surface area contributed by atoms with Gasteiger partial charge in [-0.25, -0.2) is 17.9 Å². The Morgan fingerprint density at radius 3 is 2.30 bits per heavy atom. The SMILES string of the molecule is O=C(O)c1cc2ccccc2cc1S(=O)(=O)NCCOc1ccc(Br)cc1. The first-order valence-corrected chi connectivity index (χ1v) is 10.3. The number of aromatic carboxylic acids is 1. The summed E-state index contributed by atoms with van der Waals surface area (Å²) in [6.07, 6.45) is 0. The lowest BCUT2D eigenvalue weighted by molar-refractivity contribution is 0.0693. The van der Waals surface area contributed by atoms with Crippen LogP contribution in [0.15, 0.2) is 70.0 Å². The van der Waals surface area contributed by atoms with Crippen molar-refractivity contribution in [2.45, 2.75) is 4.90 Å². The van der Waals surface area contributed by atoms with Crippen molar-refractivity contribution >= 4 is 42.7 Å². The van der Waals surface area contributed by atoms with E-state index in [1.165, 1.54) is 12.1 Å². The van der Waals surface area contributed by atoms with E-state index in [-0.39, 0.29) is 23.6 Å². The molecule has 0 unspecified atom stereocenters. The van der Waals surface area contributed by atoms with Crippen molar-refractivity contribution in [3.8, 4) is 5.75 Å². The van der Waals surface area contributed by atoms with Gasteiger partial charge in [0.25, 0.3) is 0 Å². The Bertz CT molecular complexity index is 1080. The van der Waals surface area contributed by atoms with E-state index in [0.717, 1.165) is 4.47 Å². The van der Waals surface area contributed by atoms with Gasteiger partial charge in [-0.05, 0) is 47.2 Å². The highest BCUT2D eigenvalue weighted by molar-refractivity contribution is 9.10. The number of halogens is 1. The van der Waals surface area contributed by atoms with Crippen LogP contribution in [0.4, 0.5) is 0 Å². The molecule has 140 valence electrons. The molecule has 3 rings (SSSR count). The molecule has 3 aromatic carbocycles. The molecule has 0 aromatic heterocycles. The molecule has 0 aliphatic rings. The highest BCUT2D eigenvalue weighted by atomic mass is 79.9. The Labute approximate surface area is 165 Å². The maximum Gasteiger partial charge on any atom is 0.337 e. The summed E-state index contributed by atoms with van der Waals surface area (Å²) in [6, 6.07) is 16.9. The molecule has 27 heavy (non-hydrogen) atoms. The molecule has 0 bridgehead atoms. The van der Waals surface area contributed by atoms with Crippen LogP contribution in [0.2, 0.25) is 0 Å². The summed E-state index contributed by atoms with van der Waals surface area (Å²) < 4.78 is 34.0. The quantitative estimate of drug-likeness (QED) is 0.536. The van der Waals surface area contributed by atoms with Gasteiger partial charge in [-0.2, -0.15) is 0 Å². The Kier molecular flexibility index (Phi) is 5.79. The van der Waals surface area contributed by atoms with Crippen LogP contribution in [-0.4, -0.2) is 32.6 Å². The van der Waals surface area contributed by atoms with Crippen molar-refractivity contribution in [2.24, 2.45) is 0 Å². The molecule has 0 amide bonds. The number of ether oxygens (including phenoxy) is 1. The Morgan fingerprint density at radius 2 is 1.67 bits per heavy atom. The van der Waals surface area contributed by atoms with E-state index in [1.54, 1.807) is 36.4 Å². The number of carboxylic acids is 1. The molecule has 0 aliphatic heterocycles. The predicted octanol–water partition coefficient (Wildman–Crippen LogP) is 3.66. The number of carbonyl (C=O) groups is 1. The van der Waals surface area contributed by atoms with E-state index in [2.05, 4.69) is 20.7 Å². The lowest BCUT2D eigenvalue weighted by Crippen LogP contribution is -2.29. The first-order chi connectivity index (χ1) is 12.9. The molecule has 0 saturated heterocycles. The molecule has 0 fully saturated rings. The van der Waals surface area contributed by atoms with Crippen molar-refractivity contribution in [1.82, 2.24) is 4.72 Å². The second-order valence-corrected chi connectivity index (χ2v) is 8.35. The molecule has 8 heteroatoms. The molecule has 0 heterocycles. The van der Waals surface area contributed by atoms with Gasteiger partial charge in [0.05, 0.1) is 10.5 Å². The largest absolute Gasteiger partial charge is 0.492 e. The first kappa shape index (κ1) is 19.3. The number of nitrogens with one attached hydrogen (secondary N) is 1. The average molecular weight is 450 g/mol. The minimum absolute atomic E-state index is 0.00425. The van der Waals surface area contributed by atoms with Gasteiger partial charge < -0.3 is 9.84 Å². The van der Waals surface area contributed by atoms with Gasteiger partial charge in [0.2, 0.25) is 10.0 Å². The lowest BCUT2D eigenvalue weighted by Gasteiger charge is -2.12. The van der Waals surface area contributed by atoms with Crippen LogP contribution < -0.4 is 9.46 Å². The average Bonchev–Trinajstić information content (AvgIpc) is 2.65. The van der Waals surface area contributed by atoms with Crippen LogP contribution in [0.3, 0.4) is 0 Å². The number of carboxylic acid groups (broad SMARTS) is 1.